The minimum absolute atomic E-state index is 0.208. The van der Waals surface area contributed by atoms with E-state index in [4.69, 9.17) is 0 Å². The molecule has 0 aliphatic heterocycles. The maximum atomic E-state index is 12.0. The number of carbonyl (C=O) groups excluding carboxylic acids is 2. The van der Waals surface area contributed by atoms with Crippen LogP contribution in [0.15, 0.2) is 23.6 Å². The fourth-order valence-electron chi connectivity index (χ4n) is 3.05. The molecule has 3 rings (SSSR count). The van der Waals surface area contributed by atoms with Crippen LogP contribution >= 0.6 is 11.3 Å². The third kappa shape index (κ3) is 4.02. The van der Waals surface area contributed by atoms with E-state index >= 15 is 0 Å². The van der Waals surface area contributed by atoms with Crippen molar-refractivity contribution in [3.8, 4) is 5.75 Å². The average molecular weight is 358 g/mol. The number of thiophene rings is 1. The van der Waals surface area contributed by atoms with E-state index in [0.29, 0.717) is 25.4 Å². The van der Waals surface area contributed by atoms with Crippen molar-refractivity contribution in [1.82, 2.24) is 10.6 Å². The van der Waals surface area contributed by atoms with Crippen LogP contribution in [-0.4, -0.2) is 16.9 Å². The molecule has 0 fully saturated rings. The van der Waals surface area contributed by atoms with Gasteiger partial charge in [0.25, 0.3) is 0 Å². The van der Waals surface area contributed by atoms with Gasteiger partial charge in [-0.15, -0.1) is 11.3 Å². The van der Waals surface area contributed by atoms with Crippen LogP contribution < -0.4 is 10.6 Å². The van der Waals surface area contributed by atoms with Gasteiger partial charge in [0.05, 0.1) is 6.54 Å². The van der Waals surface area contributed by atoms with Crippen LogP contribution in [0, 0.1) is 12.8 Å². The highest BCUT2D eigenvalue weighted by Gasteiger charge is 2.26. The molecular formula is C19H22N2O3S. The maximum absolute atomic E-state index is 12.0. The summed E-state index contributed by atoms with van der Waals surface area (Å²) in [5, 5.41) is 17.2. The lowest BCUT2D eigenvalue weighted by atomic mass is 9.85. The Morgan fingerprint density at radius 3 is 2.80 bits per heavy atom. The van der Waals surface area contributed by atoms with Crippen LogP contribution in [0.2, 0.25) is 0 Å². The number of aryl methyl sites for hydroxylation is 1. The molecular weight excluding hydrogens is 336 g/mol. The lowest BCUT2D eigenvalue weighted by Gasteiger charge is -2.18. The molecule has 1 aromatic carbocycles. The Morgan fingerprint density at radius 2 is 2.04 bits per heavy atom. The van der Waals surface area contributed by atoms with E-state index in [0.717, 1.165) is 33.6 Å². The largest absolute Gasteiger partial charge is 0.508 e. The molecule has 1 unspecified atom stereocenters. The van der Waals surface area contributed by atoms with Gasteiger partial charge in [-0.25, -0.2) is 4.79 Å². The van der Waals surface area contributed by atoms with Crippen molar-refractivity contribution in [1.29, 1.82) is 0 Å². The second kappa shape index (κ2) is 7.27. The molecule has 3 N–H and O–H groups in total. The molecule has 132 valence electrons. The molecule has 6 heteroatoms. The van der Waals surface area contributed by atoms with Gasteiger partial charge in [-0.05, 0) is 42.0 Å². The molecule has 25 heavy (non-hydrogen) atoms. The Bertz CT molecular complexity index is 813. The summed E-state index contributed by atoms with van der Waals surface area (Å²) in [4.78, 5) is 25.1. The number of amides is 2. The molecule has 2 aromatic rings. The first-order valence-corrected chi connectivity index (χ1v) is 9.24. The van der Waals surface area contributed by atoms with E-state index in [1.165, 1.54) is 11.3 Å². The molecule has 0 saturated carbocycles. The highest BCUT2D eigenvalue weighted by Crippen LogP contribution is 2.32. The summed E-state index contributed by atoms with van der Waals surface area (Å²) in [6.07, 6.45) is 1.51. The topological polar surface area (TPSA) is 78.4 Å². The monoisotopic (exact) mass is 358 g/mol. The van der Waals surface area contributed by atoms with Crippen molar-refractivity contribution in [2.75, 3.05) is 0 Å². The van der Waals surface area contributed by atoms with Crippen molar-refractivity contribution in [2.24, 2.45) is 5.92 Å². The number of benzene rings is 1. The number of urea groups is 1. The predicted molar refractivity (Wildman–Crippen MR) is 98.1 cm³/mol. The third-order valence-electron chi connectivity index (χ3n) is 4.50. The molecule has 1 heterocycles. The smallest absolute Gasteiger partial charge is 0.315 e. The summed E-state index contributed by atoms with van der Waals surface area (Å²) in [6.45, 7) is 4.68. The number of aromatic hydroxyl groups is 1. The molecule has 0 saturated heterocycles. The number of nitrogens with one attached hydrogen (secondary N) is 2. The minimum Gasteiger partial charge on any atom is -0.508 e. The lowest BCUT2D eigenvalue weighted by molar-refractivity contribution is 0.0954. The van der Waals surface area contributed by atoms with Gasteiger partial charge in [-0.3, -0.25) is 4.79 Å². The maximum Gasteiger partial charge on any atom is 0.315 e. The van der Waals surface area contributed by atoms with E-state index in [-0.39, 0.29) is 17.6 Å². The zero-order valence-corrected chi connectivity index (χ0v) is 15.2. The summed E-state index contributed by atoms with van der Waals surface area (Å²) in [6, 6.07) is 5.08. The Labute approximate surface area is 151 Å². The first-order valence-electron chi connectivity index (χ1n) is 8.36. The molecule has 1 aliphatic rings. The van der Waals surface area contributed by atoms with Gasteiger partial charge in [0, 0.05) is 28.8 Å². The third-order valence-corrected chi connectivity index (χ3v) is 5.53. The van der Waals surface area contributed by atoms with Crippen molar-refractivity contribution in [3.63, 3.8) is 0 Å². The van der Waals surface area contributed by atoms with Crippen LogP contribution in [-0.2, 0) is 19.5 Å². The summed E-state index contributed by atoms with van der Waals surface area (Å²) < 4.78 is 0. The number of phenolic OH excluding ortho intramolecular Hbond substituents is 1. The van der Waals surface area contributed by atoms with Crippen molar-refractivity contribution < 1.29 is 14.7 Å². The van der Waals surface area contributed by atoms with E-state index in [9.17, 15) is 14.7 Å². The zero-order valence-electron chi connectivity index (χ0n) is 14.4. The number of Topliss-reactive ketones (excluding diaryl/α,β-unsaturated/α-hetero) is 1. The fourth-order valence-corrected chi connectivity index (χ4v) is 4.07. The molecule has 5 nitrogen and oxygen atoms in total. The Kier molecular flexibility index (Phi) is 5.08. The number of phenols is 1. The quantitative estimate of drug-likeness (QED) is 0.782. The van der Waals surface area contributed by atoms with Crippen molar-refractivity contribution in [2.45, 2.75) is 39.8 Å². The summed E-state index contributed by atoms with van der Waals surface area (Å²) in [7, 11) is 0. The van der Waals surface area contributed by atoms with Gasteiger partial charge in [-0.1, -0.05) is 19.1 Å². The van der Waals surface area contributed by atoms with Crippen LogP contribution in [0.3, 0.4) is 0 Å². The number of rotatable bonds is 4. The normalized spacial score (nSPS) is 16.4. The van der Waals surface area contributed by atoms with E-state index in [1.807, 2.05) is 24.4 Å². The molecule has 1 atom stereocenters. The van der Waals surface area contributed by atoms with Crippen LogP contribution in [0.25, 0.3) is 0 Å². The highest BCUT2D eigenvalue weighted by atomic mass is 32.1. The number of hydrogen-bond acceptors (Lipinski definition) is 4. The van der Waals surface area contributed by atoms with Gasteiger partial charge in [-0.2, -0.15) is 0 Å². The van der Waals surface area contributed by atoms with Gasteiger partial charge in [0.1, 0.15) is 5.75 Å². The predicted octanol–water partition coefficient (Wildman–Crippen LogP) is 3.53. The van der Waals surface area contributed by atoms with Crippen LogP contribution in [0.1, 0.15) is 45.3 Å². The minimum atomic E-state index is -0.266. The second-order valence-electron chi connectivity index (χ2n) is 6.64. The van der Waals surface area contributed by atoms with E-state index in [1.54, 1.807) is 6.07 Å². The molecule has 0 bridgehead atoms. The number of fused-ring (bicyclic) bond motifs is 1. The molecule has 0 radical (unpaired) electrons. The van der Waals surface area contributed by atoms with E-state index < -0.39 is 0 Å². The zero-order chi connectivity index (χ0) is 18.0. The molecule has 0 spiro atoms. The number of hydrogen-bond donors (Lipinski definition) is 3. The second-order valence-corrected chi connectivity index (χ2v) is 7.61. The van der Waals surface area contributed by atoms with Gasteiger partial charge in [0.2, 0.25) is 0 Å². The average Bonchev–Trinajstić information content (AvgIpc) is 2.97. The van der Waals surface area contributed by atoms with Crippen LogP contribution in [0.5, 0.6) is 5.75 Å². The Balaban J connectivity index is 1.54. The summed E-state index contributed by atoms with van der Waals surface area (Å²) >= 11 is 1.53. The Morgan fingerprint density at radius 1 is 1.28 bits per heavy atom. The Hall–Kier alpha value is -2.34. The first kappa shape index (κ1) is 17.5. The SMILES string of the molecule is Cc1ccc(CNC(=O)NCc2scc3c2CC(C)CC3=O)cc1O. The fraction of sp³-hybridized carbons (Fsp3) is 0.368. The standard InChI is InChI=1S/C19H22N2O3S/c1-11-5-14-15(17(23)6-11)10-25-18(14)9-21-19(24)20-8-13-4-3-12(2)16(22)7-13/h3-4,7,10-11,22H,5-6,8-9H2,1-2H3,(H2,20,21,24). The highest BCUT2D eigenvalue weighted by molar-refractivity contribution is 7.10. The van der Waals surface area contributed by atoms with Gasteiger partial charge >= 0.3 is 6.03 Å². The summed E-state index contributed by atoms with van der Waals surface area (Å²) in [5.41, 5.74) is 3.57. The van der Waals surface area contributed by atoms with Crippen molar-refractivity contribution >= 4 is 23.2 Å². The molecule has 1 aliphatic carbocycles. The lowest BCUT2D eigenvalue weighted by Crippen LogP contribution is -2.34. The van der Waals surface area contributed by atoms with Gasteiger partial charge in [0.15, 0.2) is 5.78 Å². The number of ketones is 1. The van der Waals surface area contributed by atoms with Crippen LogP contribution in [0.4, 0.5) is 4.79 Å². The summed E-state index contributed by atoms with van der Waals surface area (Å²) in [5.74, 6) is 0.792. The van der Waals surface area contributed by atoms with E-state index in [2.05, 4.69) is 17.6 Å². The first-order chi connectivity index (χ1) is 11.9. The molecule has 1 aromatic heterocycles. The number of carbonyl (C=O) groups is 2. The molecule has 2 amide bonds. The van der Waals surface area contributed by atoms with Gasteiger partial charge < -0.3 is 15.7 Å². The van der Waals surface area contributed by atoms with Crippen molar-refractivity contribution in [3.05, 3.63) is 50.7 Å².